The lowest BCUT2D eigenvalue weighted by Gasteiger charge is -2.32. The van der Waals surface area contributed by atoms with Gasteiger partial charge < -0.3 is 10.3 Å². The van der Waals surface area contributed by atoms with E-state index in [1.54, 1.807) is 6.07 Å². The minimum Gasteiger partial charge on any atom is -0.337 e. The van der Waals surface area contributed by atoms with E-state index in [0.717, 1.165) is 25.7 Å². The number of nitrogens with zero attached hydrogens (tertiary/aromatic N) is 2. The van der Waals surface area contributed by atoms with Crippen molar-refractivity contribution in [3.05, 3.63) is 34.4 Å². The van der Waals surface area contributed by atoms with E-state index in [2.05, 4.69) is 33.0 Å². The van der Waals surface area contributed by atoms with Crippen molar-refractivity contribution in [2.75, 3.05) is 0 Å². The van der Waals surface area contributed by atoms with E-state index in [0.29, 0.717) is 27.7 Å². The van der Waals surface area contributed by atoms with Gasteiger partial charge in [-0.3, -0.25) is 0 Å². The van der Waals surface area contributed by atoms with Gasteiger partial charge in [0.2, 0.25) is 11.7 Å². The third-order valence-electron chi connectivity index (χ3n) is 4.19. The molecular formula is C15H17BrFN3O. The van der Waals surface area contributed by atoms with Crippen molar-refractivity contribution in [3.63, 3.8) is 0 Å². The molecule has 1 aliphatic carbocycles. The van der Waals surface area contributed by atoms with Gasteiger partial charge in [-0.05, 0) is 65.7 Å². The number of nitrogens with two attached hydrogens (primary N) is 1. The maximum Gasteiger partial charge on any atom is 0.247 e. The molecule has 1 aromatic carbocycles. The molecule has 0 atom stereocenters. The zero-order valence-corrected chi connectivity index (χ0v) is 13.4. The molecule has 1 heterocycles. The topological polar surface area (TPSA) is 64.9 Å². The molecule has 0 amide bonds. The van der Waals surface area contributed by atoms with Gasteiger partial charge in [0.25, 0.3) is 0 Å². The molecule has 6 heteroatoms. The maximum absolute atomic E-state index is 13.1. The lowest BCUT2D eigenvalue weighted by molar-refractivity contribution is 0.190. The van der Waals surface area contributed by atoms with Crippen molar-refractivity contribution in [3.8, 4) is 11.4 Å². The van der Waals surface area contributed by atoms with Gasteiger partial charge in [-0.25, -0.2) is 4.39 Å². The molecule has 0 bridgehead atoms. The lowest BCUT2D eigenvalue weighted by atomic mass is 9.78. The van der Waals surface area contributed by atoms with Crippen molar-refractivity contribution >= 4 is 15.9 Å². The number of hydrogen-bond acceptors (Lipinski definition) is 4. The molecule has 3 rings (SSSR count). The molecule has 1 fully saturated rings. The summed E-state index contributed by atoms with van der Waals surface area (Å²) in [6.45, 7) is 2.23. The summed E-state index contributed by atoms with van der Waals surface area (Å²) in [6.07, 6.45) is 3.82. The second kappa shape index (κ2) is 5.50. The SMILES string of the molecule is CC1CCC(N)(c2nc(-c3ccc(F)cc3Br)no2)CC1. The molecule has 4 nitrogen and oxygen atoms in total. The predicted octanol–water partition coefficient (Wildman–Crippen LogP) is 4.00. The zero-order chi connectivity index (χ0) is 15.0. The highest BCUT2D eigenvalue weighted by Crippen LogP contribution is 2.37. The number of aromatic nitrogens is 2. The second-order valence-corrected chi connectivity index (χ2v) is 6.74. The highest BCUT2D eigenvalue weighted by molar-refractivity contribution is 9.10. The maximum atomic E-state index is 13.1. The average Bonchev–Trinajstić information content (AvgIpc) is 2.92. The first-order valence-electron chi connectivity index (χ1n) is 7.06. The van der Waals surface area contributed by atoms with Crippen LogP contribution < -0.4 is 5.73 Å². The monoisotopic (exact) mass is 353 g/mol. The molecule has 21 heavy (non-hydrogen) atoms. The van der Waals surface area contributed by atoms with Crippen molar-refractivity contribution in [1.82, 2.24) is 10.1 Å². The third-order valence-corrected chi connectivity index (χ3v) is 4.85. The normalized spacial score (nSPS) is 26.0. The fourth-order valence-electron chi connectivity index (χ4n) is 2.70. The van der Waals surface area contributed by atoms with Gasteiger partial charge in [-0.2, -0.15) is 4.98 Å². The Bertz CT molecular complexity index is 650. The van der Waals surface area contributed by atoms with Crippen molar-refractivity contribution in [2.24, 2.45) is 11.7 Å². The van der Waals surface area contributed by atoms with E-state index < -0.39 is 5.54 Å². The van der Waals surface area contributed by atoms with Crippen LogP contribution in [0.5, 0.6) is 0 Å². The quantitative estimate of drug-likeness (QED) is 0.885. The number of benzene rings is 1. The van der Waals surface area contributed by atoms with E-state index in [-0.39, 0.29) is 5.82 Å². The van der Waals surface area contributed by atoms with Crippen LogP contribution in [0.1, 0.15) is 38.5 Å². The van der Waals surface area contributed by atoms with Gasteiger partial charge in [0.05, 0.1) is 5.54 Å². The Labute approximate surface area is 131 Å². The number of halogens is 2. The Hall–Kier alpha value is -1.27. The molecule has 2 aromatic rings. The summed E-state index contributed by atoms with van der Waals surface area (Å²) in [5.74, 6) is 1.28. The minimum absolute atomic E-state index is 0.314. The molecule has 1 saturated carbocycles. The van der Waals surface area contributed by atoms with Gasteiger partial charge in [0.1, 0.15) is 5.82 Å². The van der Waals surface area contributed by atoms with Gasteiger partial charge in [-0.15, -0.1) is 0 Å². The summed E-state index contributed by atoms with van der Waals surface area (Å²) in [6, 6.07) is 4.38. The standard InChI is InChI=1S/C15H17BrFN3O/c1-9-4-6-15(18,7-5-9)14-19-13(20-21-14)11-3-2-10(17)8-12(11)16/h2-3,8-9H,4-7,18H2,1H3. The molecule has 112 valence electrons. The van der Waals surface area contributed by atoms with Crippen molar-refractivity contribution in [2.45, 2.75) is 38.1 Å². The Morgan fingerprint density at radius 3 is 2.76 bits per heavy atom. The summed E-state index contributed by atoms with van der Waals surface area (Å²) in [5, 5.41) is 4.00. The van der Waals surface area contributed by atoms with Crippen LogP contribution >= 0.6 is 15.9 Å². The first kappa shape index (κ1) is 14.7. The molecule has 0 saturated heterocycles. The Kier molecular flexibility index (Phi) is 3.84. The van der Waals surface area contributed by atoms with E-state index in [4.69, 9.17) is 10.3 Å². The third kappa shape index (κ3) is 2.87. The van der Waals surface area contributed by atoms with Crippen LogP contribution in [0.15, 0.2) is 27.2 Å². The second-order valence-electron chi connectivity index (χ2n) is 5.89. The minimum atomic E-state index is -0.537. The van der Waals surface area contributed by atoms with Crippen LogP contribution in [0.25, 0.3) is 11.4 Å². The molecule has 1 aromatic heterocycles. The zero-order valence-electron chi connectivity index (χ0n) is 11.8. The van der Waals surface area contributed by atoms with Gasteiger partial charge in [-0.1, -0.05) is 12.1 Å². The smallest absolute Gasteiger partial charge is 0.247 e. The summed E-state index contributed by atoms with van der Waals surface area (Å²) >= 11 is 3.32. The summed E-state index contributed by atoms with van der Waals surface area (Å²) in [7, 11) is 0. The first-order valence-corrected chi connectivity index (χ1v) is 7.86. The van der Waals surface area contributed by atoms with Crippen LogP contribution in [0.3, 0.4) is 0 Å². The fraction of sp³-hybridized carbons (Fsp3) is 0.467. The average molecular weight is 354 g/mol. The molecule has 0 unspecified atom stereocenters. The molecular weight excluding hydrogens is 337 g/mol. The van der Waals surface area contributed by atoms with Crippen LogP contribution in [0.2, 0.25) is 0 Å². The number of rotatable bonds is 2. The molecule has 0 spiro atoms. The first-order chi connectivity index (χ1) is 9.98. The molecule has 0 aliphatic heterocycles. The van der Waals surface area contributed by atoms with Gasteiger partial charge in [0, 0.05) is 10.0 Å². The van der Waals surface area contributed by atoms with Crippen LogP contribution in [0, 0.1) is 11.7 Å². The number of hydrogen-bond donors (Lipinski definition) is 1. The predicted molar refractivity (Wildman–Crippen MR) is 80.9 cm³/mol. The van der Waals surface area contributed by atoms with E-state index in [1.807, 2.05) is 0 Å². The molecule has 1 aliphatic rings. The molecule has 2 N–H and O–H groups in total. The van der Waals surface area contributed by atoms with Crippen LogP contribution in [0.4, 0.5) is 4.39 Å². The Morgan fingerprint density at radius 2 is 2.10 bits per heavy atom. The van der Waals surface area contributed by atoms with Gasteiger partial charge >= 0.3 is 0 Å². The van der Waals surface area contributed by atoms with E-state index >= 15 is 0 Å². The largest absolute Gasteiger partial charge is 0.337 e. The Balaban J connectivity index is 1.89. The van der Waals surface area contributed by atoms with E-state index in [9.17, 15) is 4.39 Å². The van der Waals surface area contributed by atoms with Gasteiger partial charge in [0.15, 0.2) is 0 Å². The fourth-order valence-corrected chi connectivity index (χ4v) is 3.23. The van der Waals surface area contributed by atoms with Crippen LogP contribution in [-0.2, 0) is 5.54 Å². The van der Waals surface area contributed by atoms with E-state index in [1.165, 1.54) is 12.1 Å². The highest BCUT2D eigenvalue weighted by atomic mass is 79.9. The summed E-state index contributed by atoms with van der Waals surface area (Å²) in [5.41, 5.74) is 6.58. The highest BCUT2D eigenvalue weighted by Gasteiger charge is 2.37. The van der Waals surface area contributed by atoms with Crippen molar-refractivity contribution in [1.29, 1.82) is 0 Å². The summed E-state index contributed by atoms with van der Waals surface area (Å²) < 4.78 is 19.1. The summed E-state index contributed by atoms with van der Waals surface area (Å²) in [4.78, 5) is 4.44. The van der Waals surface area contributed by atoms with Crippen molar-refractivity contribution < 1.29 is 8.91 Å². The van der Waals surface area contributed by atoms with Crippen LogP contribution in [-0.4, -0.2) is 10.1 Å². The Morgan fingerprint density at radius 1 is 1.38 bits per heavy atom. The molecule has 0 radical (unpaired) electrons. The lowest BCUT2D eigenvalue weighted by Crippen LogP contribution is -2.40.